The molecule has 0 bridgehead atoms. The molecule has 0 aromatic heterocycles. The number of nitro groups is 1. The predicted molar refractivity (Wildman–Crippen MR) is 95.6 cm³/mol. The number of carbonyl (C=O) groups excluding carboxylic acids is 1. The number of nitrogens with one attached hydrogen (secondary N) is 1. The van der Waals surface area contributed by atoms with Crippen molar-refractivity contribution in [1.82, 2.24) is 5.32 Å². The van der Waals surface area contributed by atoms with Gasteiger partial charge in [0, 0.05) is 18.2 Å². The molecular weight excluding hydrogens is 320 g/mol. The fraction of sp³-hybridized carbons (Fsp3) is 0.316. The topological polar surface area (TPSA) is 81.5 Å². The maximum Gasteiger partial charge on any atom is 0.269 e. The van der Waals surface area contributed by atoms with Gasteiger partial charge < -0.3 is 10.1 Å². The Bertz CT molecular complexity index is 701. The Labute approximate surface area is 147 Å². The highest BCUT2D eigenvalue weighted by atomic mass is 16.6. The van der Waals surface area contributed by atoms with Crippen molar-refractivity contribution in [3.8, 4) is 5.75 Å². The minimum Gasteiger partial charge on any atom is -0.481 e. The molecule has 0 spiro atoms. The fourth-order valence-corrected chi connectivity index (χ4v) is 2.36. The number of rotatable bonds is 8. The summed E-state index contributed by atoms with van der Waals surface area (Å²) >= 11 is 0. The number of hydrogen-bond donors (Lipinski definition) is 1. The van der Waals surface area contributed by atoms with Crippen molar-refractivity contribution in [2.75, 3.05) is 0 Å². The molecule has 2 atom stereocenters. The maximum absolute atomic E-state index is 12.2. The Morgan fingerprint density at radius 3 is 2.36 bits per heavy atom. The summed E-state index contributed by atoms with van der Waals surface area (Å²) < 4.78 is 5.54. The van der Waals surface area contributed by atoms with E-state index >= 15 is 0 Å². The van der Waals surface area contributed by atoms with E-state index < -0.39 is 11.0 Å². The molecule has 0 aliphatic carbocycles. The van der Waals surface area contributed by atoms with Crippen molar-refractivity contribution in [2.24, 2.45) is 0 Å². The number of carbonyl (C=O) groups is 1. The fourth-order valence-electron chi connectivity index (χ4n) is 2.36. The lowest BCUT2D eigenvalue weighted by Crippen LogP contribution is -2.41. The molecule has 2 aromatic rings. The zero-order valence-corrected chi connectivity index (χ0v) is 14.3. The van der Waals surface area contributed by atoms with Crippen molar-refractivity contribution in [1.29, 1.82) is 0 Å². The molecule has 0 saturated heterocycles. The van der Waals surface area contributed by atoms with Crippen molar-refractivity contribution >= 4 is 11.6 Å². The Hall–Kier alpha value is -2.89. The number of nitro benzene ring substituents is 1. The van der Waals surface area contributed by atoms with Gasteiger partial charge in [0.15, 0.2) is 6.10 Å². The first-order valence-electron chi connectivity index (χ1n) is 8.21. The second kappa shape index (κ2) is 8.82. The summed E-state index contributed by atoms with van der Waals surface area (Å²) in [5.41, 5.74) is 1.22. The van der Waals surface area contributed by atoms with E-state index in [0.717, 1.165) is 12.8 Å². The van der Waals surface area contributed by atoms with Crippen molar-refractivity contribution in [2.45, 2.75) is 38.8 Å². The number of non-ortho nitro benzene ring substituents is 1. The van der Waals surface area contributed by atoms with Crippen LogP contribution in [0.5, 0.6) is 5.75 Å². The summed E-state index contributed by atoms with van der Waals surface area (Å²) in [6.07, 6.45) is 1.04. The van der Waals surface area contributed by atoms with E-state index in [1.807, 2.05) is 25.1 Å². The summed E-state index contributed by atoms with van der Waals surface area (Å²) in [7, 11) is 0. The Balaban J connectivity index is 1.79. The molecule has 1 N–H and O–H groups in total. The average Bonchev–Trinajstić information content (AvgIpc) is 2.61. The van der Waals surface area contributed by atoms with Crippen LogP contribution in [-0.4, -0.2) is 23.0 Å². The van der Waals surface area contributed by atoms with Crippen molar-refractivity contribution in [3.63, 3.8) is 0 Å². The zero-order chi connectivity index (χ0) is 18.2. The van der Waals surface area contributed by atoms with Gasteiger partial charge in [0.2, 0.25) is 0 Å². The van der Waals surface area contributed by atoms with Crippen LogP contribution in [0.2, 0.25) is 0 Å². The third-order valence-corrected chi connectivity index (χ3v) is 3.83. The van der Waals surface area contributed by atoms with Crippen LogP contribution in [0.3, 0.4) is 0 Å². The summed E-state index contributed by atoms with van der Waals surface area (Å²) in [5, 5.41) is 13.6. The highest BCUT2D eigenvalue weighted by Gasteiger charge is 2.17. The molecule has 6 heteroatoms. The lowest BCUT2D eigenvalue weighted by Gasteiger charge is -2.18. The van der Waals surface area contributed by atoms with Gasteiger partial charge in [0.05, 0.1) is 4.92 Å². The van der Waals surface area contributed by atoms with Crippen LogP contribution >= 0.6 is 0 Å². The standard InChI is InChI=1S/C19H22N2O4/c1-14(8-9-16-6-4-3-5-7-16)20-19(22)15(2)25-18-12-10-17(11-13-18)21(23)24/h3-7,10-15H,8-9H2,1-2H3,(H,20,22). The Morgan fingerprint density at radius 1 is 1.12 bits per heavy atom. The zero-order valence-electron chi connectivity index (χ0n) is 14.3. The van der Waals surface area contributed by atoms with Gasteiger partial charge in [-0.1, -0.05) is 30.3 Å². The second-order valence-corrected chi connectivity index (χ2v) is 5.95. The SMILES string of the molecule is CC(CCc1ccccc1)NC(=O)C(C)Oc1ccc([N+](=O)[O-])cc1. The first-order chi connectivity index (χ1) is 12.0. The van der Waals surface area contributed by atoms with E-state index in [1.54, 1.807) is 6.92 Å². The van der Waals surface area contributed by atoms with E-state index in [-0.39, 0.29) is 17.6 Å². The third kappa shape index (κ3) is 5.91. The van der Waals surface area contributed by atoms with Gasteiger partial charge >= 0.3 is 0 Å². The van der Waals surface area contributed by atoms with Gasteiger partial charge in [-0.15, -0.1) is 0 Å². The molecule has 25 heavy (non-hydrogen) atoms. The van der Waals surface area contributed by atoms with E-state index in [4.69, 9.17) is 4.74 Å². The van der Waals surface area contributed by atoms with Gasteiger partial charge in [0.25, 0.3) is 11.6 Å². The van der Waals surface area contributed by atoms with Crippen LogP contribution in [0.25, 0.3) is 0 Å². The molecule has 2 unspecified atom stereocenters. The molecule has 0 aliphatic heterocycles. The van der Waals surface area contributed by atoms with Crippen LogP contribution in [-0.2, 0) is 11.2 Å². The first kappa shape index (κ1) is 18.4. The molecule has 132 valence electrons. The molecule has 2 aromatic carbocycles. The monoisotopic (exact) mass is 342 g/mol. The number of amides is 1. The lowest BCUT2D eigenvalue weighted by atomic mass is 10.1. The highest BCUT2D eigenvalue weighted by molar-refractivity contribution is 5.80. The second-order valence-electron chi connectivity index (χ2n) is 5.95. The molecular formula is C19H22N2O4. The molecule has 2 rings (SSSR count). The summed E-state index contributed by atoms with van der Waals surface area (Å²) in [4.78, 5) is 22.4. The molecule has 0 saturated carbocycles. The third-order valence-electron chi connectivity index (χ3n) is 3.83. The molecule has 0 heterocycles. The lowest BCUT2D eigenvalue weighted by molar-refractivity contribution is -0.384. The van der Waals surface area contributed by atoms with Crippen LogP contribution in [0.4, 0.5) is 5.69 Å². The minimum atomic E-state index is -0.680. The molecule has 6 nitrogen and oxygen atoms in total. The van der Waals surface area contributed by atoms with E-state index in [0.29, 0.717) is 5.75 Å². The van der Waals surface area contributed by atoms with Gasteiger partial charge in [-0.25, -0.2) is 0 Å². The number of nitrogens with zero attached hydrogens (tertiary/aromatic N) is 1. The predicted octanol–water partition coefficient (Wildman–Crippen LogP) is 3.50. The van der Waals surface area contributed by atoms with Crippen molar-refractivity contribution in [3.05, 3.63) is 70.3 Å². The van der Waals surface area contributed by atoms with Crippen LogP contribution in [0, 0.1) is 10.1 Å². The molecule has 0 aliphatic rings. The highest BCUT2D eigenvalue weighted by Crippen LogP contribution is 2.18. The number of aryl methyl sites for hydroxylation is 1. The molecule has 1 amide bonds. The number of benzene rings is 2. The smallest absolute Gasteiger partial charge is 0.269 e. The maximum atomic E-state index is 12.2. The van der Waals surface area contributed by atoms with Gasteiger partial charge in [-0.3, -0.25) is 14.9 Å². The van der Waals surface area contributed by atoms with Crippen molar-refractivity contribution < 1.29 is 14.5 Å². The van der Waals surface area contributed by atoms with Crippen LogP contribution in [0.1, 0.15) is 25.8 Å². The summed E-state index contributed by atoms with van der Waals surface area (Å²) in [6.45, 7) is 3.61. The number of ether oxygens (including phenoxy) is 1. The van der Waals surface area contributed by atoms with E-state index in [1.165, 1.54) is 29.8 Å². The number of hydrogen-bond acceptors (Lipinski definition) is 4. The quantitative estimate of drug-likeness (QED) is 0.588. The van der Waals surface area contributed by atoms with Crippen LogP contribution < -0.4 is 10.1 Å². The Kier molecular flexibility index (Phi) is 6.51. The molecule has 0 radical (unpaired) electrons. The van der Waals surface area contributed by atoms with Gasteiger partial charge in [-0.05, 0) is 44.4 Å². The van der Waals surface area contributed by atoms with E-state index in [2.05, 4.69) is 17.4 Å². The normalized spacial score (nSPS) is 12.9. The average molecular weight is 342 g/mol. The minimum absolute atomic E-state index is 0.0148. The van der Waals surface area contributed by atoms with Gasteiger partial charge in [-0.2, -0.15) is 0 Å². The molecule has 0 fully saturated rings. The Morgan fingerprint density at radius 2 is 1.76 bits per heavy atom. The van der Waals surface area contributed by atoms with Crippen LogP contribution in [0.15, 0.2) is 54.6 Å². The van der Waals surface area contributed by atoms with Gasteiger partial charge in [0.1, 0.15) is 5.75 Å². The first-order valence-corrected chi connectivity index (χ1v) is 8.21. The largest absolute Gasteiger partial charge is 0.481 e. The van der Waals surface area contributed by atoms with E-state index in [9.17, 15) is 14.9 Å². The summed E-state index contributed by atoms with van der Waals surface area (Å²) in [6, 6.07) is 15.8. The summed E-state index contributed by atoms with van der Waals surface area (Å²) in [5.74, 6) is 0.212.